The summed E-state index contributed by atoms with van der Waals surface area (Å²) in [5.41, 5.74) is 1.09. The topological polar surface area (TPSA) is 33.3 Å². The van der Waals surface area contributed by atoms with Crippen LogP contribution in [0.3, 0.4) is 0 Å². The third-order valence-electron chi connectivity index (χ3n) is 2.66. The van der Waals surface area contributed by atoms with Gasteiger partial charge < -0.3 is 15.4 Å². The molecule has 0 fully saturated rings. The van der Waals surface area contributed by atoms with E-state index < -0.39 is 0 Å². The maximum absolute atomic E-state index is 6.25. The number of nitrogens with one attached hydrogen (secondary N) is 2. The third kappa shape index (κ3) is 4.19. The normalized spacial score (nSPS) is 12.8. The molecule has 1 rings (SSSR count). The van der Waals surface area contributed by atoms with Crippen LogP contribution in [0.15, 0.2) is 18.2 Å². The minimum atomic E-state index is 0.204. The highest BCUT2D eigenvalue weighted by Gasteiger charge is 2.13. The Morgan fingerprint density at radius 1 is 1.35 bits per heavy atom. The smallest absolute Gasteiger partial charge is 0.120 e. The fraction of sp³-hybridized carbons (Fsp3) is 0.538. The van der Waals surface area contributed by atoms with E-state index >= 15 is 0 Å². The number of methoxy groups -OCH3 is 1. The van der Waals surface area contributed by atoms with Gasteiger partial charge in [0.1, 0.15) is 5.75 Å². The number of hydrogen-bond acceptors (Lipinski definition) is 3. The molecule has 0 aliphatic heterocycles. The van der Waals surface area contributed by atoms with Crippen LogP contribution in [0, 0.1) is 0 Å². The molecule has 3 nitrogen and oxygen atoms in total. The van der Waals surface area contributed by atoms with Gasteiger partial charge in [-0.05, 0) is 24.7 Å². The second-order valence-corrected chi connectivity index (χ2v) is 4.70. The number of benzene rings is 1. The van der Waals surface area contributed by atoms with E-state index in [1.807, 2.05) is 25.2 Å². The fourth-order valence-electron chi connectivity index (χ4n) is 1.64. The van der Waals surface area contributed by atoms with Crippen LogP contribution < -0.4 is 15.4 Å². The second-order valence-electron chi connectivity index (χ2n) is 4.29. The van der Waals surface area contributed by atoms with Gasteiger partial charge in [0.05, 0.1) is 7.11 Å². The van der Waals surface area contributed by atoms with Gasteiger partial charge in [-0.1, -0.05) is 31.5 Å². The van der Waals surface area contributed by atoms with Crippen LogP contribution in [0.4, 0.5) is 0 Å². The Hall–Kier alpha value is -0.770. The highest BCUT2D eigenvalue weighted by Crippen LogP contribution is 2.26. The van der Waals surface area contributed by atoms with Crippen LogP contribution in [0.5, 0.6) is 5.75 Å². The van der Waals surface area contributed by atoms with E-state index in [2.05, 4.69) is 24.5 Å². The largest absolute Gasteiger partial charge is 0.497 e. The standard InChI is InChI=1S/C13H21ClN2O/c1-9(2)16-8-13(15-3)11-6-5-10(17-4)7-12(11)14/h5-7,9,13,15-16H,8H2,1-4H3. The zero-order valence-corrected chi connectivity index (χ0v) is 11.6. The Morgan fingerprint density at radius 3 is 2.53 bits per heavy atom. The molecule has 17 heavy (non-hydrogen) atoms. The minimum Gasteiger partial charge on any atom is -0.497 e. The molecule has 0 saturated carbocycles. The molecule has 0 aromatic heterocycles. The summed E-state index contributed by atoms with van der Waals surface area (Å²) in [6.45, 7) is 5.10. The monoisotopic (exact) mass is 256 g/mol. The number of ether oxygens (including phenoxy) is 1. The van der Waals surface area contributed by atoms with E-state index in [1.54, 1.807) is 7.11 Å². The molecule has 1 atom stereocenters. The zero-order valence-electron chi connectivity index (χ0n) is 10.9. The van der Waals surface area contributed by atoms with Gasteiger partial charge in [0.2, 0.25) is 0 Å². The van der Waals surface area contributed by atoms with E-state index in [-0.39, 0.29) is 6.04 Å². The Kier molecular flexibility index (Phi) is 5.75. The highest BCUT2D eigenvalue weighted by atomic mass is 35.5. The van der Waals surface area contributed by atoms with Crippen molar-refractivity contribution in [3.8, 4) is 5.75 Å². The minimum absolute atomic E-state index is 0.204. The van der Waals surface area contributed by atoms with Gasteiger partial charge in [0, 0.05) is 23.7 Å². The van der Waals surface area contributed by atoms with Gasteiger partial charge in [-0.25, -0.2) is 0 Å². The maximum atomic E-state index is 6.25. The Balaban J connectivity index is 2.80. The van der Waals surface area contributed by atoms with E-state index in [4.69, 9.17) is 16.3 Å². The van der Waals surface area contributed by atoms with Crippen molar-refractivity contribution in [3.05, 3.63) is 28.8 Å². The quantitative estimate of drug-likeness (QED) is 0.821. The van der Waals surface area contributed by atoms with Crippen molar-refractivity contribution >= 4 is 11.6 Å². The molecular formula is C13H21ClN2O. The summed E-state index contributed by atoms with van der Waals surface area (Å²) >= 11 is 6.25. The molecule has 1 unspecified atom stereocenters. The first-order valence-electron chi connectivity index (χ1n) is 5.82. The molecule has 1 aromatic carbocycles. The van der Waals surface area contributed by atoms with Crippen molar-refractivity contribution < 1.29 is 4.74 Å². The summed E-state index contributed by atoms with van der Waals surface area (Å²) in [6, 6.07) is 6.45. The lowest BCUT2D eigenvalue weighted by molar-refractivity contribution is 0.414. The SMILES string of the molecule is CNC(CNC(C)C)c1ccc(OC)cc1Cl. The highest BCUT2D eigenvalue weighted by molar-refractivity contribution is 6.31. The first-order valence-corrected chi connectivity index (χ1v) is 6.20. The molecule has 0 bridgehead atoms. The molecule has 0 amide bonds. The van der Waals surface area contributed by atoms with Gasteiger partial charge in [0.15, 0.2) is 0 Å². The van der Waals surface area contributed by atoms with Crippen molar-refractivity contribution in [2.75, 3.05) is 20.7 Å². The predicted molar refractivity (Wildman–Crippen MR) is 72.9 cm³/mol. The molecule has 1 aromatic rings. The maximum Gasteiger partial charge on any atom is 0.120 e. The van der Waals surface area contributed by atoms with Gasteiger partial charge in [-0.2, -0.15) is 0 Å². The molecule has 0 aliphatic rings. The van der Waals surface area contributed by atoms with Crippen LogP contribution in [0.1, 0.15) is 25.5 Å². The molecule has 0 aliphatic carbocycles. The van der Waals surface area contributed by atoms with Crippen molar-refractivity contribution in [2.24, 2.45) is 0 Å². The summed E-state index contributed by atoms with van der Waals surface area (Å²) in [6.07, 6.45) is 0. The zero-order chi connectivity index (χ0) is 12.8. The summed E-state index contributed by atoms with van der Waals surface area (Å²) in [5, 5.41) is 7.39. The molecule has 96 valence electrons. The first-order chi connectivity index (χ1) is 8.08. The molecule has 0 heterocycles. The lowest BCUT2D eigenvalue weighted by Crippen LogP contribution is -2.33. The number of hydrogen-bond donors (Lipinski definition) is 2. The van der Waals surface area contributed by atoms with Gasteiger partial charge in [-0.3, -0.25) is 0 Å². The average molecular weight is 257 g/mol. The number of halogens is 1. The van der Waals surface area contributed by atoms with Crippen molar-refractivity contribution in [1.29, 1.82) is 0 Å². The van der Waals surface area contributed by atoms with Crippen LogP contribution in [-0.4, -0.2) is 26.7 Å². The van der Waals surface area contributed by atoms with Crippen LogP contribution in [0.25, 0.3) is 0 Å². The third-order valence-corrected chi connectivity index (χ3v) is 2.99. The predicted octanol–water partition coefficient (Wildman–Crippen LogP) is 2.61. The van der Waals surface area contributed by atoms with Crippen molar-refractivity contribution in [1.82, 2.24) is 10.6 Å². The summed E-state index contributed by atoms with van der Waals surface area (Å²) < 4.78 is 5.14. The van der Waals surface area contributed by atoms with E-state index in [9.17, 15) is 0 Å². The summed E-state index contributed by atoms with van der Waals surface area (Å²) in [7, 11) is 3.58. The van der Waals surface area contributed by atoms with Gasteiger partial charge in [0.25, 0.3) is 0 Å². The summed E-state index contributed by atoms with van der Waals surface area (Å²) in [4.78, 5) is 0. The van der Waals surface area contributed by atoms with Gasteiger partial charge >= 0.3 is 0 Å². The van der Waals surface area contributed by atoms with E-state index in [0.29, 0.717) is 6.04 Å². The van der Waals surface area contributed by atoms with Gasteiger partial charge in [-0.15, -0.1) is 0 Å². The van der Waals surface area contributed by atoms with Crippen LogP contribution in [-0.2, 0) is 0 Å². The van der Waals surface area contributed by atoms with Crippen molar-refractivity contribution in [3.63, 3.8) is 0 Å². The van der Waals surface area contributed by atoms with Crippen molar-refractivity contribution in [2.45, 2.75) is 25.9 Å². The van der Waals surface area contributed by atoms with E-state index in [1.165, 1.54) is 0 Å². The average Bonchev–Trinajstić information content (AvgIpc) is 2.31. The summed E-state index contributed by atoms with van der Waals surface area (Å²) in [5.74, 6) is 0.783. The molecule has 2 N–H and O–H groups in total. The first kappa shape index (κ1) is 14.3. The molecule has 0 spiro atoms. The molecule has 0 radical (unpaired) electrons. The lowest BCUT2D eigenvalue weighted by atomic mass is 10.1. The molecule has 4 heteroatoms. The lowest BCUT2D eigenvalue weighted by Gasteiger charge is -2.20. The Labute approximate surface area is 109 Å². The fourth-order valence-corrected chi connectivity index (χ4v) is 1.94. The van der Waals surface area contributed by atoms with E-state index in [0.717, 1.165) is 22.9 Å². The Bertz CT molecular complexity index is 355. The van der Waals surface area contributed by atoms with Crippen LogP contribution >= 0.6 is 11.6 Å². The second kappa shape index (κ2) is 6.84. The Morgan fingerprint density at radius 2 is 2.06 bits per heavy atom. The number of rotatable bonds is 6. The molecular weight excluding hydrogens is 236 g/mol. The number of likely N-dealkylation sites (N-methyl/N-ethyl adjacent to an activating group) is 1. The molecule has 0 saturated heterocycles. The van der Waals surface area contributed by atoms with Crippen LogP contribution in [0.2, 0.25) is 5.02 Å².